The molecule has 0 saturated heterocycles. The van der Waals surface area contributed by atoms with Gasteiger partial charge in [-0.2, -0.15) is 0 Å². The highest BCUT2D eigenvalue weighted by atomic mass is 14.3. The monoisotopic (exact) mass is 246 g/mol. The van der Waals surface area contributed by atoms with E-state index in [4.69, 9.17) is 0 Å². The molecular formula is C18H30. The van der Waals surface area contributed by atoms with Crippen LogP contribution < -0.4 is 0 Å². The zero-order valence-corrected chi connectivity index (χ0v) is 12.9. The van der Waals surface area contributed by atoms with Gasteiger partial charge in [0, 0.05) is 0 Å². The Labute approximate surface area is 114 Å². The molecule has 0 N–H and O–H groups in total. The summed E-state index contributed by atoms with van der Waals surface area (Å²) in [6, 6.07) is 9.36. The predicted octanol–water partition coefficient (Wildman–Crippen LogP) is 5.74. The zero-order valence-electron chi connectivity index (χ0n) is 12.9. The molecule has 0 aromatic heterocycles. The molecule has 1 aromatic carbocycles. The van der Waals surface area contributed by atoms with Crippen LogP contribution in [-0.2, 0) is 11.8 Å². The van der Waals surface area contributed by atoms with E-state index >= 15 is 0 Å². The maximum atomic E-state index is 2.38. The highest BCUT2D eigenvalue weighted by Crippen LogP contribution is 2.31. The predicted molar refractivity (Wildman–Crippen MR) is 82.2 cm³/mol. The van der Waals surface area contributed by atoms with E-state index < -0.39 is 0 Å². The van der Waals surface area contributed by atoms with Gasteiger partial charge in [0.25, 0.3) is 0 Å². The van der Waals surface area contributed by atoms with Crippen LogP contribution in [0.15, 0.2) is 24.3 Å². The van der Waals surface area contributed by atoms with E-state index in [2.05, 4.69) is 58.9 Å². The van der Waals surface area contributed by atoms with Gasteiger partial charge in [-0.15, -0.1) is 0 Å². The van der Waals surface area contributed by atoms with Crippen molar-refractivity contribution in [1.29, 1.82) is 0 Å². The minimum absolute atomic E-state index is 0.356. The van der Waals surface area contributed by atoms with Gasteiger partial charge in [-0.05, 0) is 48.1 Å². The Morgan fingerprint density at radius 3 is 2.00 bits per heavy atom. The van der Waals surface area contributed by atoms with Gasteiger partial charge >= 0.3 is 0 Å². The van der Waals surface area contributed by atoms with Crippen molar-refractivity contribution < 1.29 is 0 Å². The number of hydrogen-bond donors (Lipinski definition) is 0. The molecule has 0 aliphatic carbocycles. The van der Waals surface area contributed by atoms with E-state index in [9.17, 15) is 0 Å². The van der Waals surface area contributed by atoms with Crippen LogP contribution in [0.3, 0.4) is 0 Å². The zero-order chi connectivity index (χ0) is 13.6. The first kappa shape index (κ1) is 15.3. The molecule has 0 saturated carbocycles. The number of aryl methyl sites for hydroxylation is 1. The van der Waals surface area contributed by atoms with Gasteiger partial charge in [-0.25, -0.2) is 0 Å². The van der Waals surface area contributed by atoms with Crippen molar-refractivity contribution in [3.05, 3.63) is 35.4 Å². The first-order valence-electron chi connectivity index (χ1n) is 7.65. The van der Waals surface area contributed by atoms with Crippen LogP contribution in [0.2, 0.25) is 0 Å². The molecule has 0 nitrogen and oxygen atoms in total. The van der Waals surface area contributed by atoms with Gasteiger partial charge in [-0.3, -0.25) is 0 Å². The lowest BCUT2D eigenvalue weighted by Crippen LogP contribution is -2.19. The Hall–Kier alpha value is -0.780. The summed E-state index contributed by atoms with van der Waals surface area (Å²) in [5.41, 5.74) is 3.35. The van der Waals surface area contributed by atoms with E-state index in [0.29, 0.717) is 5.41 Å². The molecule has 0 spiro atoms. The molecule has 1 unspecified atom stereocenters. The van der Waals surface area contributed by atoms with E-state index in [1.165, 1.54) is 43.2 Å². The summed E-state index contributed by atoms with van der Waals surface area (Å²) in [6.45, 7) is 11.6. The van der Waals surface area contributed by atoms with Crippen LogP contribution in [0.4, 0.5) is 0 Å². The average molecular weight is 246 g/mol. The molecule has 0 aliphatic rings. The standard InChI is InChI=1S/C18H30/c1-6-15(4)9-10-16-11-13-17(14-12-16)18(5,7-2)8-3/h11-15H,6-10H2,1-5H3. The molecule has 1 rings (SSSR count). The highest BCUT2D eigenvalue weighted by molar-refractivity contribution is 5.28. The second kappa shape index (κ2) is 6.97. The minimum atomic E-state index is 0.356. The van der Waals surface area contributed by atoms with Crippen molar-refractivity contribution in [3.8, 4) is 0 Å². The van der Waals surface area contributed by atoms with E-state index in [1.807, 2.05) is 0 Å². The lowest BCUT2D eigenvalue weighted by atomic mass is 9.77. The molecule has 1 aromatic rings. The second-order valence-corrected chi connectivity index (χ2v) is 6.02. The van der Waals surface area contributed by atoms with E-state index in [0.717, 1.165) is 5.92 Å². The van der Waals surface area contributed by atoms with Crippen molar-refractivity contribution in [2.24, 2.45) is 5.92 Å². The van der Waals surface area contributed by atoms with E-state index in [1.54, 1.807) is 0 Å². The maximum Gasteiger partial charge on any atom is -0.00805 e. The fourth-order valence-corrected chi connectivity index (χ4v) is 2.35. The van der Waals surface area contributed by atoms with Gasteiger partial charge in [0.1, 0.15) is 0 Å². The third-order valence-electron chi connectivity index (χ3n) is 4.83. The number of rotatable bonds is 7. The quantitative estimate of drug-likeness (QED) is 0.575. The lowest BCUT2D eigenvalue weighted by Gasteiger charge is -2.27. The largest absolute Gasteiger partial charge is 0.0651 e. The molecule has 0 bridgehead atoms. The molecule has 18 heavy (non-hydrogen) atoms. The van der Waals surface area contributed by atoms with Gasteiger partial charge < -0.3 is 0 Å². The van der Waals surface area contributed by atoms with Gasteiger partial charge in [0.05, 0.1) is 0 Å². The van der Waals surface area contributed by atoms with Crippen molar-refractivity contribution >= 4 is 0 Å². The van der Waals surface area contributed by atoms with Crippen molar-refractivity contribution in [3.63, 3.8) is 0 Å². The van der Waals surface area contributed by atoms with Crippen LogP contribution in [0.5, 0.6) is 0 Å². The third-order valence-corrected chi connectivity index (χ3v) is 4.83. The number of benzene rings is 1. The average Bonchev–Trinajstić information content (AvgIpc) is 2.44. The molecule has 0 heterocycles. The normalized spacial score (nSPS) is 13.6. The summed E-state index contributed by atoms with van der Waals surface area (Å²) in [7, 11) is 0. The molecule has 0 heteroatoms. The molecule has 0 fully saturated rings. The Kier molecular flexibility index (Phi) is 5.91. The topological polar surface area (TPSA) is 0 Å². The SMILES string of the molecule is CCC(C)CCc1ccc(C(C)(CC)CC)cc1. The van der Waals surface area contributed by atoms with Crippen LogP contribution in [0, 0.1) is 5.92 Å². The first-order chi connectivity index (χ1) is 8.55. The molecule has 0 radical (unpaired) electrons. The Morgan fingerprint density at radius 2 is 1.56 bits per heavy atom. The van der Waals surface area contributed by atoms with Crippen LogP contribution in [0.1, 0.15) is 71.4 Å². The Balaban J connectivity index is 2.68. The smallest absolute Gasteiger partial charge is 0.00805 e. The van der Waals surface area contributed by atoms with Crippen molar-refractivity contribution in [2.45, 2.75) is 72.1 Å². The third kappa shape index (κ3) is 3.86. The molecule has 0 aliphatic heterocycles. The fourth-order valence-electron chi connectivity index (χ4n) is 2.35. The van der Waals surface area contributed by atoms with Gasteiger partial charge in [-0.1, -0.05) is 65.3 Å². The highest BCUT2D eigenvalue weighted by Gasteiger charge is 2.21. The van der Waals surface area contributed by atoms with Gasteiger partial charge in [0.2, 0.25) is 0 Å². The molecule has 0 amide bonds. The summed E-state index contributed by atoms with van der Waals surface area (Å²) in [6.07, 6.45) is 6.27. The van der Waals surface area contributed by atoms with Gasteiger partial charge in [0.15, 0.2) is 0 Å². The van der Waals surface area contributed by atoms with Crippen molar-refractivity contribution in [2.75, 3.05) is 0 Å². The van der Waals surface area contributed by atoms with Crippen LogP contribution in [0.25, 0.3) is 0 Å². The Morgan fingerprint density at radius 1 is 1.00 bits per heavy atom. The molecule has 1 atom stereocenters. The Bertz CT molecular complexity index is 330. The summed E-state index contributed by atoms with van der Waals surface area (Å²) < 4.78 is 0. The maximum absolute atomic E-state index is 2.38. The first-order valence-corrected chi connectivity index (χ1v) is 7.65. The number of hydrogen-bond acceptors (Lipinski definition) is 0. The lowest BCUT2D eigenvalue weighted by molar-refractivity contribution is 0.438. The fraction of sp³-hybridized carbons (Fsp3) is 0.667. The summed E-state index contributed by atoms with van der Waals surface area (Å²) in [5, 5.41) is 0. The van der Waals surface area contributed by atoms with Crippen molar-refractivity contribution in [1.82, 2.24) is 0 Å². The van der Waals surface area contributed by atoms with Crippen LogP contribution in [-0.4, -0.2) is 0 Å². The summed E-state index contributed by atoms with van der Waals surface area (Å²) in [4.78, 5) is 0. The second-order valence-electron chi connectivity index (χ2n) is 6.02. The molecule has 102 valence electrons. The van der Waals surface area contributed by atoms with Crippen LogP contribution >= 0.6 is 0 Å². The minimum Gasteiger partial charge on any atom is -0.0651 e. The molecular weight excluding hydrogens is 216 g/mol. The summed E-state index contributed by atoms with van der Waals surface area (Å²) >= 11 is 0. The van der Waals surface area contributed by atoms with E-state index in [-0.39, 0.29) is 0 Å². The summed E-state index contributed by atoms with van der Waals surface area (Å²) in [5.74, 6) is 0.848.